The van der Waals surface area contributed by atoms with Crippen LogP contribution in [0.5, 0.6) is 11.5 Å². The highest BCUT2D eigenvalue weighted by Crippen LogP contribution is 2.43. The molecule has 0 aliphatic carbocycles. The largest absolute Gasteiger partial charge is 0.586 e. The number of para-hydroxylation sites is 1. The Morgan fingerprint density at radius 2 is 2.00 bits per heavy atom. The molecule has 0 radical (unpaired) electrons. The van der Waals surface area contributed by atoms with Gasteiger partial charge in [-0.25, -0.2) is 0 Å². The van der Waals surface area contributed by atoms with Gasteiger partial charge >= 0.3 is 6.29 Å². The Hall–Kier alpha value is -1.32. The second kappa shape index (κ2) is 4.51. The van der Waals surface area contributed by atoms with Crippen LogP contribution in [0.25, 0.3) is 0 Å². The van der Waals surface area contributed by atoms with Crippen molar-refractivity contribution in [2.24, 2.45) is 5.92 Å². The molecule has 0 N–H and O–H groups in total. The van der Waals surface area contributed by atoms with Crippen molar-refractivity contribution in [1.82, 2.24) is 0 Å². The topological polar surface area (TPSA) is 18.5 Å². The molecule has 17 heavy (non-hydrogen) atoms. The Morgan fingerprint density at radius 1 is 1.24 bits per heavy atom. The molecule has 4 heteroatoms. The normalized spacial score (nSPS) is 16.5. The van der Waals surface area contributed by atoms with Gasteiger partial charge in [0, 0.05) is 0 Å². The van der Waals surface area contributed by atoms with Crippen molar-refractivity contribution in [3.8, 4) is 11.5 Å². The third-order valence-corrected chi connectivity index (χ3v) is 2.74. The van der Waals surface area contributed by atoms with Crippen molar-refractivity contribution in [3.05, 3.63) is 23.8 Å². The summed E-state index contributed by atoms with van der Waals surface area (Å²) < 4.78 is 34.8. The van der Waals surface area contributed by atoms with Gasteiger partial charge in [-0.3, -0.25) is 0 Å². The van der Waals surface area contributed by atoms with Crippen LogP contribution < -0.4 is 9.47 Å². The van der Waals surface area contributed by atoms with E-state index in [9.17, 15) is 8.78 Å². The number of ether oxygens (including phenoxy) is 2. The van der Waals surface area contributed by atoms with E-state index >= 15 is 0 Å². The Morgan fingerprint density at radius 3 is 2.71 bits per heavy atom. The van der Waals surface area contributed by atoms with Crippen LogP contribution in [0.2, 0.25) is 0 Å². The third kappa shape index (κ3) is 2.87. The Bertz CT molecular complexity index is 402. The highest BCUT2D eigenvalue weighted by atomic mass is 19.3. The van der Waals surface area contributed by atoms with Crippen LogP contribution in [-0.4, -0.2) is 6.29 Å². The summed E-state index contributed by atoms with van der Waals surface area (Å²) in [6, 6.07) is 5.03. The van der Waals surface area contributed by atoms with E-state index in [1.165, 1.54) is 6.07 Å². The molecule has 1 aromatic rings. The molecule has 1 aliphatic heterocycles. The van der Waals surface area contributed by atoms with Crippen LogP contribution in [0.1, 0.15) is 32.3 Å². The second-order valence-electron chi connectivity index (χ2n) is 4.70. The molecule has 94 valence electrons. The SMILES string of the molecule is CC(C)CCCc1cccc2c1OC(F)(F)O2. The lowest BCUT2D eigenvalue weighted by Gasteiger charge is -2.08. The van der Waals surface area contributed by atoms with Gasteiger partial charge in [0.25, 0.3) is 0 Å². The van der Waals surface area contributed by atoms with Gasteiger partial charge in [0.1, 0.15) is 0 Å². The van der Waals surface area contributed by atoms with E-state index in [4.69, 9.17) is 0 Å². The average molecular weight is 242 g/mol. The van der Waals surface area contributed by atoms with Gasteiger partial charge in [-0.2, -0.15) is 0 Å². The highest BCUT2D eigenvalue weighted by molar-refractivity contribution is 5.48. The summed E-state index contributed by atoms with van der Waals surface area (Å²) in [6.45, 7) is 4.28. The molecule has 1 heterocycles. The van der Waals surface area contributed by atoms with E-state index in [1.807, 2.05) is 6.07 Å². The van der Waals surface area contributed by atoms with Crippen molar-refractivity contribution in [2.75, 3.05) is 0 Å². The van der Waals surface area contributed by atoms with Gasteiger partial charge < -0.3 is 9.47 Å². The zero-order chi connectivity index (χ0) is 12.5. The van der Waals surface area contributed by atoms with Gasteiger partial charge in [-0.1, -0.05) is 32.4 Å². The van der Waals surface area contributed by atoms with Crippen LogP contribution in [0.3, 0.4) is 0 Å². The monoisotopic (exact) mass is 242 g/mol. The standard InChI is InChI=1S/C13H16F2O2/c1-9(2)5-3-6-10-7-4-8-11-12(10)17-13(14,15)16-11/h4,7-9H,3,5-6H2,1-2H3. The predicted octanol–water partition coefficient (Wildman–Crippen LogP) is 3.99. The summed E-state index contributed by atoms with van der Waals surface area (Å²) >= 11 is 0. The first-order chi connectivity index (χ1) is 7.98. The summed E-state index contributed by atoms with van der Waals surface area (Å²) in [7, 11) is 0. The summed E-state index contributed by atoms with van der Waals surface area (Å²) in [6.07, 6.45) is -0.749. The zero-order valence-corrected chi connectivity index (χ0v) is 10.0. The smallest absolute Gasteiger partial charge is 0.395 e. The van der Waals surface area contributed by atoms with Crippen molar-refractivity contribution in [2.45, 2.75) is 39.4 Å². The number of aryl methyl sites for hydroxylation is 1. The van der Waals surface area contributed by atoms with E-state index in [-0.39, 0.29) is 11.5 Å². The minimum Gasteiger partial charge on any atom is -0.395 e. The molecule has 1 aromatic carbocycles. The number of hydrogen-bond acceptors (Lipinski definition) is 2. The fourth-order valence-corrected chi connectivity index (χ4v) is 1.92. The summed E-state index contributed by atoms with van der Waals surface area (Å²) in [5.41, 5.74) is 0.792. The Kier molecular flexibility index (Phi) is 3.22. The van der Waals surface area contributed by atoms with Crippen molar-refractivity contribution < 1.29 is 18.3 Å². The van der Waals surface area contributed by atoms with E-state index in [0.717, 1.165) is 24.8 Å². The molecule has 1 aliphatic rings. The lowest BCUT2D eigenvalue weighted by atomic mass is 10.0. The van der Waals surface area contributed by atoms with Crippen LogP contribution in [0, 0.1) is 5.92 Å². The van der Waals surface area contributed by atoms with Crippen molar-refractivity contribution >= 4 is 0 Å². The van der Waals surface area contributed by atoms with Crippen LogP contribution in [0.4, 0.5) is 8.78 Å². The highest BCUT2D eigenvalue weighted by Gasteiger charge is 2.44. The minimum atomic E-state index is -3.52. The molecule has 0 saturated carbocycles. The Balaban J connectivity index is 2.08. The molecule has 0 spiro atoms. The minimum absolute atomic E-state index is 0.136. The van der Waals surface area contributed by atoms with Gasteiger partial charge in [-0.15, -0.1) is 8.78 Å². The fourth-order valence-electron chi connectivity index (χ4n) is 1.92. The number of fused-ring (bicyclic) bond motifs is 1. The molecule has 0 amide bonds. The number of halogens is 2. The zero-order valence-electron chi connectivity index (χ0n) is 10.0. The number of rotatable bonds is 4. The van der Waals surface area contributed by atoms with E-state index in [0.29, 0.717) is 5.92 Å². The van der Waals surface area contributed by atoms with Crippen LogP contribution in [0.15, 0.2) is 18.2 Å². The summed E-state index contributed by atoms with van der Waals surface area (Å²) in [4.78, 5) is 0. The van der Waals surface area contributed by atoms with Crippen molar-refractivity contribution in [3.63, 3.8) is 0 Å². The van der Waals surface area contributed by atoms with Gasteiger partial charge in [0.05, 0.1) is 0 Å². The van der Waals surface area contributed by atoms with E-state index in [2.05, 4.69) is 23.3 Å². The molecule has 0 saturated heterocycles. The molecule has 2 nitrogen and oxygen atoms in total. The van der Waals surface area contributed by atoms with Crippen LogP contribution in [-0.2, 0) is 6.42 Å². The lowest BCUT2D eigenvalue weighted by Crippen LogP contribution is -2.26. The number of benzene rings is 1. The quantitative estimate of drug-likeness (QED) is 0.794. The first-order valence-corrected chi connectivity index (χ1v) is 5.85. The molecular formula is C13H16F2O2. The second-order valence-corrected chi connectivity index (χ2v) is 4.70. The maximum atomic E-state index is 12.9. The van der Waals surface area contributed by atoms with Gasteiger partial charge in [-0.05, 0) is 30.4 Å². The first-order valence-electron chi connectivity index (χ1n) is 5.85. The van der Waals surface area contributed by atoms with Crippen molar-refractivity contribution in [1.29, 1.82) is 0 Å². The predicted molar refractivity (Wildman–Crippen MR) is 60.4 cm³/mol. The number of alkyl halides is 2. The molecule has 0 aromatic heterocycles. The van der Waals surface area contributed by atoms with E-state index in [1.54, 1.807) is 6.07 Å². The third-order valence-electron chi connectivity index (χ3n) is 2.74. The summed E-state index contributed by atoms with van der Waals surface area (Å²) in [5, 5.41) is 0. The molecule has 0 atom stereocenters. The average Bonchev–Trinajstić information content (AvgIpc) is 2.52. The summed E-state index contributed by atoms with van der Waals surface area (Å²) in [5.74, 6) is 0.948. The molecule has 2 rings (SSSR count). The van der Waals surface area contributed by atoms with Crippen LogP contribution >= 0.6 is 0 Å². The number of hydrogen-bond donors (Lipinski definition) is 0. The first kappa shape index (κ1) is 12.1. The fraction of sp³-hybridized carbons (Fsp3) is 0.538. The van der Waals surface area contributed by atoms with Gasteiger partial charge in [0.15, 0.2) is 11.5 Å². The lowest BCUT2D eigenvalue weighted by molar-refractivity contribution is -0.286. The van der Waals surface area contributed by atoms with E-state index < -0.39 is 6.29 Å². The maximum absolute atomic E-state index is 12.9. The van der Waals surface area contributed by atoms with Gasteiger partial charge in [0.2, 0.25) is 0 Å². The molecule has 0 fully saturated rings. The Labute approximate surface area is 99.5 Å². The molecule has 0 bridgehead atoms. The maximum Gasteiger partial charge on any atom is 0.586 e. The molecule has 0 unspecified atom stereocenters. The molecular weight excluding hydrogens is 226 g/mol.